The number of fused-ring (bicyclic) bond motifs is 1. The minimum atomic E-state index is -0.379. The van der Waals surface area contributed by atoms with Crippen molar-refractivity contribution >= 4 is 17.4 Å². The summed E-state index contributed by atoms with van der Waals surface area (Å²) < 4.78 is 15.2. The van der Waals surface area contributed by atoms with Crippen LogP contribution < -0.4 is 10.6 Å². The maximum absolute atomic E-state index is 13.2. The Bertz CT molecular complexity index is 628. The third-order valence-electron chi connectivity index (χ3n) is 3.88. The van der Waals surface area contributed by atoms with Gasteiger partial charge in [0.05, 0.1) is 11.2 Å². The predicted octanol–water partition coefficient (Wildman–Crippen LogP) is 3.07. The minimum Gasteiger partial charge on any atom is -0.370 e. The van der Waals surface area contributed by atoms with Gasteiger partial charge in [0.15, 0.2) is 0 Å². The Balaban J connectivity index is 1.56. The lowest BCUT2D eigenvalue weighted by Crippen LogP contribution is -2.36. The Morgan fingerprint density at radius 3 is 3.19 bits per heavy atom. The van der Waals surface area contributed by atoms with Crippen LogP contribution in [0.25, 0.3) is 0 Å². The van der Waals surface area contributed by atoms with E-state index in [-0.39, 0.29) is 16.9 Å². The second kappa shape index (κ2) is 6.03. The van der Waals surface area contributed by atoms with Crippen LogP contribution in [0.4, 0.5) is 10.2 Å². The maximum atomic E-state index is 13.2. The highest BCUT2D eigenvalue weighted by Gasteiger charge is 2.19. The van der Waals surface area contributed by atoms with Crippen molar-refractivity contribution in [1.29, 1.82) is 0 Å². The van der Waals surface area contributed by atoms with E-state index < -0.39 is 0 Å². The molecule has 2 N–H and O–H groups in total. The molecule has 0 fully saturated rings. The van der Waals surface area contributed by atoms with Crippen LogP contribution in [-0.2, 0) is 6.54 Å². The van der Waals surface area contributed by atoms with Crippen molar-refractivity contribution in [3.8, 4) is 0 Å². The highest BCUT2D eigenvalue weighted by atomic mass is 35.5. The summed E-state index contributed by atoms with van der Waals surface area (Å²) in [5.74, 6) is 1.16. The molecule has 0 saturated carbocycles. The van der Waals surface area contributed by atoms with Gasteiger partial charge in [-0.1, -0.05) is 17.7 Å². The van der Waals surface area contributed by atoms with Gasteiger partial charge in [-0.05, 0) is 24.6 Å². The summed E-state index contributed by atoms with van der Waals surface area (Å²) in [7, 11) is 0. The smallest absolute Gasteiger partial charge is 0.141 e. The molecular weight excluding hydrogens is 291 g/mol. The van der Waals surface area contributed by atoms with E-state index >= 15 is 0 Å². The highest BCUT2D eigenvalue weighted by molar-refractivity contribution is 6.30. The lowest BCUT2D eigenvalue weighted by atomic mass is 10.1. The van der Waals surface area contributed by atoms with Gasteiger partial charge >= 0.3 is 0 Å². The number of anilines is 1. The number of benzene rings is 1. The van der Waals surface area contributed by atoms with Crippen molar-refractivity contribution in [1.82, 2.24) is 15.1 Å². The molecule has 2 heterocycles. The number of halogens is 2. The quantitative estimate of drug-likeness (QED) is 0.912. The van der Waals surface area contributed by atoms with Gasteiger partial charge in [-0.2, -0.15) is 5.10 Å². The van der Waals surface area contributed by atoms with Crippen molar-refractivity contribution in [2.24, 2.45) is 5.92 Å². The van der Waals surface area contributed by atoms with Crippen molar-refractivity contribution in [2.75, 3.05) is 18.4 Å². The van der Waals surface area contributed by atoms with E-state index in [2.05, 4.69) is 22.7 Å². The lowest BCUT2D eigenvalue weighted by molar-refractivity contribution is 0.376. The molecule has 0 unspecified atom stereocenters. The van der Waals surface area contributed by atoms with Gasteiger partial charge in [-0.25, -0.2) is 9.07 Å². The Morgan fingerprint density at radius 1 is 1.52 bits per heavy atom. The van der Waals surface area contributed by atoms with Gasteiger partial charge in [-0.3, -0.25) is 0 Å². The minimum absolute atomic E-state index is 0.127. The first kappa shape index (κ1) is 14.4. The van der Waals surface area contributed by atoms with Crippen LogP contribution in [-0.4, -0.2) is 22.9 Å². The van der Waals surface area contributed by atoms with Crippen molar-refractivity contribution < 1.29 is 4.39 Å². The molecular formula is C15H18ClFN4. The fourth-order valence-corrected chi connectivity index (χ4v) is 2.76. The van der Waals surface area contributed by atoms with Crippen LogP contribution in [0.2, 0.25) is 5.02 Å². The molecule has 0 saturated heterocycles. The van der Waals surface area contributed by atoms with E-state index in [0.717, 1.165) is 31.0 Å². The molecule has 0 radical (unpaired) electrons. The molecule has 1 aromatic heterocycles. The zero-order valence-electron chi connectivity index (χ0n) is 11.8. The molecule has 6 heteroatoms. The van der Waals surface area contributed by atoms with Crippen molar-refractivity contribution in [3.05, 3.63) is 46.9 Å². The Labute approximate surface area is 128 Å². The Hall–Kier alpha value is -1.59. The van der Waals surface area contributed by atoms with E-state index in [9.17, 15) is 4.39 Å². The summed E-state index contributed by atoms with van der Waals surface area (Å²) in [4.78, 5) is 0. The highest BCUT2D eigenvalue weighted by Crippen LogP contribution is 2.21. The number of nitrogens with one attached hydrogen (secondary N) is 2. The van der Waals surface area contributed by atoms with Crippen LogP contribution in [0.3, 0.4) is 0 Å². The summed E-state index contributed by atoms with van der Waals surface area (Å²) in [5.41, 5.74) is 0.991. The van der Waals surface area contributed by atoms with E-state index in [1.807, 2.05) is 10.7 Å². The van der Waals surface area contributed by atoms with E-state index in [1.54, 1.807) is 18.3 Å². The van der Waals surface area contributed by atoms with Gasteiger partial charge in [0, 0.05) is 37.7 Å². The Morgan fingerprint density at radius 2 is 2.38 bits per heavy atom. The van der Waals surface area contributed by atoms with Crippen molar-refractivity contribution in [3.63, 3.8) is 0 Å². The lowest BCUT2D eigenvalue weighted by Gasteiger charge is -2.26. The number of hydrogen-bond donors (Lipinski definition) is 2. The summed E-state index contributed by atoms with van der Waals surface area (Å²) in [6.07, 6.45) is 1.81. The van der Waals surface area contributed by atoms with Crippen molar-refractivity contribution in [2.45, 2.75) is 19.5 Å². The van der Waals surface area contributed by atoms with Gasteiger partial charge in [-0.15, -0.1) is 0 Å². The molecule has 21 heavy (non-hydrogen) atoms. The third-order valence-corrected chi connectivity index (χ3v) is 4.17. The van der Waals surface area contributed by atoms with Gasteiger partial charge in [0.25, 0.3) is 0 Å². The van der Waals surface area contributed by atoms with Crippen LogP contribution >= 0.6 is 11.6 Å². The first-order chi connectivity index (χ1) is 10.1. The largest absolute Gasteiger partial charge is 0.370 e. The zero-order valence-corrected chi connectivity index (χ0v) is 12.6. The van der Waals surface area contributed by atoms with Crippen LogP contribution in [0.5, 0.6) is 0 Å². The first-order valence-corrected chi connectivity index (χ1v) is 7.45. The third kappa shape index (κ3) is 3.19. The SMILES string of the molecule is C[C@H](NC[C@@H]1CNc2ccnn2C1)c1ccc(F)c(Cl)c1. The predicted molar refractivity (Wildman–Crippen MR) is 82.0 cm³/mol. The Kier molecular flexibility index (Phi) is 4.12. The van der Waals surface area contributed by atoms with Gasteiger partial charge in [0.2, 0.25) is 0 Å². The molecule has 0 aliphatic carbocycles. The van der Waals surface area contributed by atoms with Gasteiger partial charge < -0.3 is 10.6 Å². The second-order valence-electron chi connectivity index (χ2n) is 5.45. The summed E-state index contributed by atoms with van der Waals surface area (Å²) >= 11 is 5.83. The average Bonchev–Trinajstić information content (AvgIpc) is 2.95. The second-order valence-corrected chi connectivity index (χ2v) is 5.86. The molecule has 0 spiro atoms. The number of rotatable bonds is 4. The molecule has 1 aromatic carbocycles. The average molecular weight is 309 g/mol. The molecule has 0 bridgehead atoms. The molecule has 4 nitrogen and oxygen atoms in total. The van der Waals surface area contributed by atoms with E-state index in [0.29, 0.717) is 5.92 Å². The monoisotopic (exact) mass is 308 g/mol. The molecule has 1 aliphatic heterocycles. The standard InChI is InChI=1S/C15H18ClFN4/c1-10(12-2-3-14(17)13(16)6-12)18-7-11-8-19-15-4-5-20-21(15)9-11/h2-6,10-11,18-19H,7-9H2,1H3/t10-,11+/m0/s1. The summed E-state index contributed by atoms with van der Waals surface area (Å²) in [5, 5.41) is 11.3. The van der Waals surface area contributed by atoms with Crippen LogP contribution in [0, 0.1) is 11.7 Å². The molecule has 112 valence electrons. The fourth-order valence-electron chi connectivity index (χ4n) is 2.57. The van der Waals surface area contributed by atoms with Gasteiger partial charge in [0.1, 0.15) is 11.6 Å². The fraction of sp³-hybridized carbons (Fsp3) is 0.400. The topological polar surface area (TPSA) is 41.9 Å². The number of aromatic nitrogens is 2. The van der Waals surface area contributed by atoms with E-state index in [4.69, 9.17) is 11.6 Å². The normalized spacial score (nSPS) is 18.9. The van der Waals surface area contributed by atoms with Crippen LogP contribution in [0.1, 0.15) is 18.5 Å². The number of nitrogens with zero attached hydrogens (tertiary/aromatic N) is 2. The van der Waals surface area contributed by atoms with E-state index in [1.165, 1.54) is 6.07 Å². The van der Waals surface area contributed by atoms with Crippen LogP contribution in [0.15, 0.2) is 30.5 Å². The maximum Gasteiger partial charge on any atom is 0.141 e. The first-order valence-electron chi connectivity index (χ1n) is 7.07. The zero-order chi connectivity index (χ0) is 14.8. The molecule has 3 rings (SSSR count). The summed E-state index contributed by atoms with van der Waals surface area (Å²) in [6, 6.07) is 6.96. The number of hydrogen-bond acceptors (Lipinski definition) is 3. The summed E-state index contributed by atoms with van der Waals surface area (Å²) in [6.45, 7) is 4.75. The molecule has 0 amide bonds. The molecule has 1 aliphatic rings. The molecule has 2 aromatic rings. The molecule has 2 atom stereocenters.